The van der Waals surface area contributed by atoms with Gasteiger partial charge in [-0.3, -0.25) is 0 Å². The first-order valence-electron chi connectivity index (χ1n) is 12.8. The maximum absolute atomic E-state index is 2.45. The lowest BCUT2D eigenvalue weighted by molar-refractivity contribution is -0.659. The molecule has 0 spiro atoms. The maximum atomic E-state index is 2.45. The summed E-state index contributed by atoms with van der Waals surface area (Å²) < 4.78 is 2.35. The standard InChI is InChI=1S/C33H34NS/c1-19(2)21-12-13-24-22(16-21)17-28-30-26(24)14-15-34(7)31(30)29-20(3)23-10-8-9-11-25(23)27(32(29)35-28)18-33(4,5)6/h8-17,19H,18H2,1-7H3/q+1. The Balaban J connectivity index is 1.78. The molecule has 6 rings (SSSR count). The molecule has 5 aromatic rings. The molecule has 1 aliphatic rings. The van der Waals surface area contributed by atoms with Gasteiger partial charge < -0.3 is 0 Å². The summed E-state index contributed by atoms with van der Waals surface area (Å²) in [5, 5.41) is 8.26. The lowest BCUT2D eigenvalue weighted by Crippen LogP contribution is -2.32. The Morgan fingerprint density at radius 3 is 2.34 bits per heavy atom. The SMILES string of the molecule is Cc1c2c(c(CC(C)(C)C)c3ccccc13)Sc1cc3cc(C(C)C)ccc3c3cc[n+](C)c-2c13. The van der Waals surface area contributed by atoms with E-state index in [4.69, 9.17) is 0 Å². The highest BCUT2D eigenvalue weighted by atomic mass is 32.2. The van der Waals surface area contributed by atoms with Gasteiger partial charge in [-0.05, 0) is 69.0 Å². The van der Waals surface area contributed by atoms with E-state index in [0.717, 1.165) is 6.42 Å². The van der Waals surface area contributed by atoms with Crippen LogP contribution in [0.1, 0.15) is 57.2 Å². The third-order valence-electron chi connectivity index (χ3n) is 7.58. The van der Waals surface area contributed by atoms with E-state index in [1.54, 1.807) is 0 Å². The Bertz CT molecular complexity index is 1670. The number of aromatic nitrogens is 1. The largest absolute Gasteiger partial charge is 0.222 e. The van der Waals surface area contributed by atoms with Crippen LogP contribution in [0.2, 0.25) is 0 Å². The van der Waals surface area contributed by atoms with Gasteiger partial charge in [0.1, 0.15) is 7.05 Å². The molecule has 0 fully saturated rings. The fourth-order valence-corrected chi connectivity index (χ4v) is 7.26. The monoisotopic (exact) mass is 476 g/mol. The molecule has 0 saturated carbocycles. The molecule has 0 aliphatic carbocycles. The minimum atomic E-state index is 0.205. The third kappa shape index (κ3) is 3.49. The minimum absolute atomic E-state index is 0.205. The van der Waals surface area contributed by atoms with Gasteiger partial charge in [-0.1, -0.05) is 88.8 Å². The second kappa shape index (κ2) is 7.83. The molecule has 0 bridgehead atoms. The first kappa shape index (κ1) is 22.6. The van der Waals surface area contributed by atoms with Crippen molar-refractivity contribution in [1.29, 1.82) is 0 Å². The molecular weight excluding hydrogens is 442 g/mol. The minimum Gasteiger partial charge on any atom is -0.200 e. The lowest BCUT2D eigenvalue weighted by Gasteiger charge is -2.28. The predicted octanol–water partition coefficient (Wildman–Crippen LogP) is 9.12. The molecule has 35 heavy (non-hydrogen) atoms. The Kier molecular flexibility index (Phi) is 5.06. The summed E-state index contributed by atoms with van der Waals surface area (Å²) >= 11 is 2.00. The fraction of sp³-hybridized carbons (Fsp3) is 0.303. The molecule has 0 N–H and O–H groups in total. The molecule has 2 heterocycles. The predicted molar refractivity (Wildman–Crippen MR) is 152 cm³/mol. The summed E-state index contributed by atoms with van der Waals surface area (Å²) in [4.78, 5) is 2.84. The highest BCUT2D eigenvalue weighted by molar-refractivity contribution is 8.00. The molecule has 1 aliphatic heterocycles. The average molecular weight is 477 g/mol. The zero-order valence-electron chi connectivity index (χ0n) is 21.9. The first-order valence-corrected chi connectivity index (χ1v) is 13.6. The van der Waals surface area contributed by atoms with Gasteiger partial charge in [0.15, 0.2) is 6.20 Å². The molecule has 1 nitrogen and oxygen atoms in total. The highest BCUT2D eigenvalue weighted by Gasteiger charge is 2.33. The second-order valence-corrected chi connectivity index (χ2v) is 12.8. The average Bonchev–Trinajstić information content (AvgIpc) is 2.81. The van der Waals surface area contributed by atoms with Crippen molar-refractivity contribution < 1.29 is 4.57 Å². The summed E-state index contributed by atoms with van der Waals surface area (Å²) in [7, 11) is 2.21. The normalized spacial score (nSPS) is 13.3. The van der Waals surface area contributed by atoms with Crippen molar-refractivity contribution in [3.05, 3.63) is 77.5 Å². The van der Waals surface area contributed by atoms with Gasteiger partial charge in [0.05, 0.1) is 10.9 Å². The molecule has 0 radical (unpaired) electrons. The summed E-state index contributed by atoms with van der Waals surface area (Å²) in [6, 6.07) is 20.8. The van der Waals surface area contributed by atoms with Crippen molar-refractivity contribution in [2.45, 2.75) is 63.7 Å². The smallest absolute Gasteiger partial charge is 0.200 e. The van der Waals surface area contributed by atoms with E-state index in [-0.39, 0.29) is 5.41 Å². The van der Waals surface area contributed by atoms with E-state index in [2.05, 4.69) is 114 Å². The molecule has 2 heteroatoms. The Hall–Kier alpha value is -2.84. The van der Waals surface area contributed by atoms with Crippen LogP contribution in [-0.4, -0.2) is 0 Å². The van der Waals surface area contributed by atoms with Crippen molar-refractivity contribution in [3.8, 4) is 11.3 Å². The fourth-order valence-electron chi connectivity index (χ4n) is 5.89. The molecule has 1 aromatic heterocycles. The zero-order valence-corrected chi connectivity index (χ0v) is 22.7. The van der Waals surface area contributed by atoms with Gasteiger partial charge in [-0.2, -0.15) is 0 Å². The van der Waals surface area contributed by atoms with Crippen LogP contribution in [-0.2, 0) is 13.5 Å². The van der Waals surface area contributed by atoms with Crippen LogP contribution in [0.4, 0.5) is 0 Å². The molecule has 4 aromatic carbocycles. The van der Waals surface area contributed by atoms with Crippen LogP contribution in [0.5, 0.6) is 0 Å². The van der Waals surface area contributed by atoms with Crippen molar-refractivity contribution in [2.75, 3.05) is 0 Å². The van der Waals surface area contributed by atoms with Gasteiger partial charge in [0.2, 0.25) is 5.69 Å². The summed E-state index contributed by atoms with van der Waals surface area (Å²) in [5.41, 5.74) is 7.28. The van der Waals surface area contributed by atoms with Crippen LogP contribution in [0.25, 0.3) is 43.6 Å². The lowest BCUT2D eigenvalue weighted by atomic mass is 9.83. The first-order chi connectivity index (χ1) is 16.6. The number of aryl methyl sites for hydroxylation is 2. The number of pyridine rings is 1. The molecule has 0 atom stereocenters. The van der Waals surface area contributed by atoms with E-state index in [1.807, 2.05) is 11.8 Å². The van der Waals surface area contributed by atoms with Gasteiger partial charge in [-0.15, -0.1) is 0 Å². The third-order valence-corrected chi connectivity index (χ3v) is 8.77. The highest BCUT2D eigenvalue weighted by Crippen LogP contribution is 2.53. The van der Waals surface area contributed by atoms with Crippen molar-refractivity contribution >= 4 is 44.1 Å². The summed E-state index contributed by atoms with van der Waals surface area (Å²) in [6.07, 6.45) is 3.32. The maximum Gasteiger partial charge on any atom is 0.222 e. The molecule has 0 unspecified atom stereocenters. The van der Waals surface area contributed by atoms with Crippen LogP contribution in [0, 0.1) is 12.3 Å². The Morgan fingerprint density at radius 2 is 1.63 bits per heavy atom. The van der Waals surface area contributed by atoms with Crippen LogP contribution in [0.3, 0.4) is 0 Å². The Labute approximate surface area is 213 Å². The van der Waals surface area contributed by atoms with Crippen LogP contribution >= 0.6 is 11.8 Å². The quantitative estimate of drug-likeness (QED) is 0.178. The van der Waals surface area contributed by atoms with E-state index in [1.165, 1.54) is 70.1 Å². The second-order valence-electron chi connectivity index (χ2n) is 11.8. The van der Waals surface area contributed by atoms with Crippen LogP contribution in [0.15, 0.2) is 70.6 Å². The van der Waals surface area contributed by atoms with E-state index in [0.29, 0.717) is 5.92 Å². The summed E-state index contributed by atoms with van der Waals surface area (Å²) in [5.74, 6) is 0.524. The molecule has 0 saturated heterocycles. The molecular formula is C33H34NS+. The van der Waals surface area contributed by atoms with Crippen LogP contribution < -0.4 is 4.57 Å². The van der Waals surface area contributed by atoms with E-state index < -0.39 is 0 Å². The van der Waals surface area contributed by atoms with E-state index >= 15 is 0 Å². The molecule has 176 valence electrons. The number of rotatable bonds is 2. The number of nitrogens with zero attached hydrogens (tertiary/aromatic N) is 1. The topological polar surface area (TPSA) is 3.88 Å². The summed E-state index contributed by atoms with van der Waals surface area (Å²) in [6.45, 7) is 14.0. The molecule has 0 amide bonds. The number of hydrogen-bond acceptors (Lipinski definition) is 1. The van der Waals surface area contributed by atoms with Gasteiger partial charge in [-0.25, -0.2) is 4.57 Å². The zero-order chi connectivity index (χ0) is 24.6. The number of hydrogen-bond donors (Lipinski definition) is 0. The number of benzene rings is 4. The van der Waals surface area contributed by atoms with E-state index in [9.17, 15) is 0 Å². The van der Waals surface area contributed by atoms with Gasteiger partial charge in [0.25, 0.3) is 0 Å². The van der Waals surface area contributed by atoms with Crippen molar-refractivity contribution in [1.82, 2.24) is 0 Å². The van der Waals surface area contributed by atoms with Crippen molar-refractivity contribution in [2.24, 2.45) is 12.5 Å². The Morgan fingerprint density at radius 1 is 0.886 bits per heavy atom. The van der Waals surface area contributed by atoms with Gasteiger partial charge in [0, 0.05) is 21.2 Å². The van der Waals surface area contributed by atoms with Crippen molar-refractivity contribution in [3.63, 3.8) is 0 Å². The van der Waals surface area contributed by atoms with Gasteiger partial charge >= 0.3 is 0 Å². The number of fused-ring (bicyclic) bond motifs is 5.